The van der Waals surface area contributed by atoms with E-state index in [2.05, 4.69) is 20.9 Å². The first-order valence-electron chi connectivity index (χ1n) is 6.55. The van der Waals surface area contributed by atoms with Crippen molar-refractivity contribution in [1.82, 2.24) is 9.88 Å². The minimum Gasteiger partial charge on any atom is -0.444 e. The fraction of sp³-hybridized carbons (Fsp3) is 0.571. The molecule has 0 aromatic carbocycles. The Morgan fingerprint density at radius 3 is 2.90 bits per heavy atom. The van der Waals surface area contributed by atoms with Crippen LogP contribution in [-0.4, -0.2) is 41.3 Å². The molecule has 20 heavy (non-hydrogen) atoms. The van der Waals surface area contributed by atoms with E-state index in [4.69, 9.17) is 9.47 Å². The second-order valence-corrected chi connectivity index (χ2v) is 6.64. The van der Waals surface area contributed by atoms with Gasteiger partial charge in [-0.05, 0) is 42.8 Å². The summed E-state index contributed by atoms with van der Waals surface area (Å²) in [7, 11) is 0. The number of morpholine rings is 1. The normalized spacial score (nSPS) is 19.8. The lowest BCUT2D eigenvalue weighted by Gasteiger charge is -2.34. The number of aromatic nitrogens is 1. The third-order valence-corrected chi connectivity index (χ3v) is 3.25. The molecule has 2 rings (SSSR count). The molecule has 1 fully saturated rings. The van der Waals surface area contributed by atoms with Crippen LogP contribution in [0, 0.1) is 0 Å². The Balaban J connectivity index is 2.03. The van der Waals surface area contributed by atoms with Crippen LogP contribution in [0.4, 0.5) is 4.79 Å². The lowest BCUT2D eigenvalue weighted by Crippen LogP contribution is -2.44. The summed E-state index contributed by atoms with van der Waals surface area (Å²) in [5, 5.41) is 0. The summed E-state index contributed by atoms with van der Waals surface area (Å²) in [5.74, 6) is 0. The van der Waals surface area contributed by atoms with Crippen molar-refractivity contribution in [3.63, 3.8) is 0 Å². The van der Waals surface area contributed by atoms with Crippen molar-refractivity contribution in [2.24, 2.45) is 0 Å². The molecule has 1 atom stereocenters. The average molecular weight is 343 g/mol. The van der Waals surface area contributed by atoms with E-state index in [1.165, 1.54) is 0 Å². The van der Waals surface area contributed by atoms with E-state index in [1.807, 2.05) is 26.8 Å². The molecule has 0 bridgehead atoms. The minimum atomic E-state index is -0.484. The molecule has 6 heteroatoms. The van der Waals surface area contributed by atoms with E-state index in [-0.39, 0.29) is 12.2 Å². The fourth-order valence-corrected chi connectivity index (χ4v) is 2.33. The summed E-state index contributed by atoms with van der Waals surface area (Å²) in [6.07, 6.45) is 3.02. The monoisotopic (exact) mass is 342 g/mol. The summed E-state index contributed by atoms with van der Waals surface area (Å²) in [6, 6.07) is 1.95. The van der Waals surface area contributed by atoms with Gasteiger partial charge in [-0.3, -0.25) is 4.98 Å². The Kier molecular flexibility index (Phi) is 4.65. The van der Waals surface area contributed by atoms with Gasteiger partial charge in [-0.2, -0.15) is 0 Å². The molecular formula is C14H19BrN2O3. The highest BCUT2D eigenvalue weighted by atomic mass is 79.9. The lowest BCUT2D eigenvalue weighted by molar-refractivity contribution is -0.0434. The first kappa shape index (κ1) is 15.3. The van der Waals surface area contributed by atoms with E-state index in [0.29, 0.717) is 19.7 Å². The molecule has 1 amide bonds. The quantitative estimate of drug-likeness (QED) is 0.786. The molecule has 110 valence electrons. The highest BCUT2D eigenvalue weighted by molar-refractivity contribution is 9.10. The molecule has 1 aliphatic rings. The van der Waals surface area contributed by atoms with Gasteiger partial charge < -0.3 is 14.4 Å². The Morgan fingerprint density at radius 2 is 2.25 bits per heavy atom. The molecule has 0 N–H and O–H groups in total. The zero-order valence-electron chi connectivity index (χ0n) is 11.9. The zero-order chi connectivity index (χ0) is 14.8. The Morgan fingerprint density at radius 1 is 1.50 bits per heavy atom. The summed E-state index contributed by atoms with van der Waals surface area (Å²) in [4.78, 5) is 17.9. The van der Waals surface area contributed by atoms with Crippen LogP contribution in [0.25, 0.3) is 0 Å². The third-order valence-electron chi connectivity index (χ3n) is 2.82. The summed E-state index contributed by atoms with van der Waals surface area (Å²) in [6.45, 7) is 7.11. The zero-order valence-corrected chi connectivity index (χ0v) is 13.5. The van der Waals surface area contributed by atoms with Crippen LogP contribution in [0.15, 0.2) is 22.9 Å². The Bertz CT molecular complexity index is 488. The molecule has 5 nitrogen and oxygen atoms in total. The van der Waals surface area contributed by atoms with Gasteiger partial charge in [0.15, 0.2) is 0 Å². The number of hydrogen-bond acceptors (Lipinski definition) is 4. The largest absolute Gasteiger partial charge is 0.444 e. The lowest BCUT2D eigenvalue weighted by atomic mass is 10.1. The van der Waals surface area contributed by atoms with Gasteiger partial charge >= 0.3 is 6.09 Å². The van der Waals surface area contributed by atoms with Gasteiger partial charge in [0.05, 0.1) is 13.2 Å². The van der Waals surface area contributed by atoms with Crippen LogP contribution >= 0.6 is 15.9 Å². The van der Waals surface area contributed by atoms with Crippen molar-refractivity contribution in [3.05, 3.63) is 28.5 Å². The summed E-state index contributed by atoms with van der Waals surface area (Å²) in [5.41, 5.74) is 0.468. The maximum Gasteiger partial charge on any atom is 0.410 e. The van der Waals surface area contributed by atoms with Crippen molar-refractivity contribution in [3.8, 4) is 0 Å². The highest BCUT2D eigenvalue weighted by Gasteiger charge is 2.29. The summed E-state index contributed by atoms with van der Waals surface area (Å²) < 4.78 is 12.0. The number of rotatable bonds is 1. The predicted octanol–water partition coefficient (Wildman–Crippen LogP) is 3.15. The van der Waals surface area contributed by atoms with E-state index in [0.717, 1.165) is 10.0 Å². The van der Waals surface area contributed by atoms with Gasteiger partial charge in [0.25, 0.3) is 0 Å². The molecule has 2 heterocycles. The Labute approximate surface area is 127 Å². The van der Waals surface area contributed by atoms with Gasteiger partial charge in [-0.25, -0.2) is 4.79 Å². The molecule has 1 unspecified atom stereocenters. The van der Waals surface area contributed by atoms with Crippen LogP contribution in [0.5, 0.6) is 0 Å². The average Bonchev–Trinajstić information content (AvgIpc) is 2.37. The van der Waals surface area contributed by atoms with Crippen molar-refractivity contribution < 1.29 is 14.3 Å². The number of nitrogens with zero attached hydrogens (tertiary/aromatic N) is 2. The number of amides is 1. The van der Waals surface area contributed by atoms with Gasteiger partial charge in [-0.15, -0.1) is 0 Å². The fourth-order valence-electron chi connectivity index (χ4n) is 1.95. The van der Waals surface area contributed by atoms with Gasteiger partial charge in [-0.1, -0.05) is 0 Å². The van der Waals surface area contributed by atoms with Gasteiger partial charge in [0.1, 0.15) is 11.7 Å². The number of carbonyl (C=O) groups is 1. The number of carbonyl (C=O) groups excluding carboxylic acids is 1. The van der Waals surface area contributed by atoms with Crippen LogP contribution in [0.2, 0.25) is 0 Å². The Hall–Kier alpha value is -1.14. The van der Waals surface area contributed by atoms with Crippen molar-refractivity contribution >= 4 is 22.0 Å². The molecule has 1 aliphatic heterocycles. The molecule has 1 aromatic rings. The molecule has 1 aromatic heterocycles. The molecule has 1 saturated heterocycles. The molecule has 0 spiro atoms. The van der Waals surface area contributed by atoms with E-state index in [1.54, 1.807) is 17.3 Å². The first-order valence-corrected chi connectivity index (χ1v) is 7.34. The number of hydrogen-bond donors (Lipinski definition) is 0. The minimum absolute atomic E-state index is 0.165. The standard InChI is InChI=1S/C14H19BrN2O3/c1-14(2,3)20-13(18)17-4-5-19-12(9-17)10-6-11(15)8-16-7-10/h6-8,12H,4-5,9H2,1-3H3. The topological polar surface area (TPSA) is 51.7 Å². The molecular weight excluding hydrogens is 324 g/mol. The maximum atomic E-state index is 12.1. The molecule has 0 radical (unpaired) electrons. The second kappa shape index (κ2) is 6.10. The van der Waals surface area contributed by atoms with Crippen LogP contribution < -0.4 is 0 Å². The maximum absolute atomic E-state index is 12.1. The third kappa shape index (κ3) is 4.18. The SMILES string of the molecule is CC(C)(C)OC(=O)N1CCOC(c2cncc(Br)c2)C1. The van der Waals surface area contributed by atoms with Gasteiger partial charge in [0, 0.05) is 29.0 Å². The van der Waals surface area contributed by atoms with E-state index >= 15 is 0 Å². The van der Waals surface area contributed by atoms with Crippen molar-refractivity contribution in [2.45, 2.75) is 32.5 Å². The van der Waals surface area contributed by atoms with Crippen molar-refractivity contribution in [1.29, 1.82) is 0 Å². The van der Waals surface area contributed by atoms with Gasteiger partial charge in [0.2, 0.25) is 0 Å². The van der Waals surface area contributed by atoms with E-state index in [9.17, 15) is 4.79 Å². The van der Waals surface area contributed by atoms with Crippen molar-refractivity contribution in [2.75, 3.05) is 19.7 Å². The van der Waals surface area contributed by atoms with Crippen LogP contribution in [-0.2, 0) is 9.47 Å². The summed E-state index contributed by atoms with van der Waals surface area (Å²) >= 11 is 3.39. The van der Waals surface area contributed by atoms with Crippen LogP contribution in [0.3, 0.4) is 0 Å². The molecule has 0 saturated carbocycles. The predicted molar refractivity (Wildman–Crippen MR) is 78.4 cm³/mol. The number of ether oxygens (including phenoxy) is 2. The number of halogens is 1. The smallest absolute Gasteiger partial charge is 0.410 e. The van der Waals surface area contributed by atoms with Crippen LogP contribution in [0.1, 0.15) is 32.4 Å². The van der Waals surface area contributed by atoms with E-state index < -0.39 is 5.60 Å². The second-order valence-electron chi connectivity index (χ2n) is 5.72. The molecule has 0 aliphatic carbocycles. The first-order chi connectivity index (χ1) is 9.35. The highest BCUT2D eigenvalue weighted by Crippen LogP contribution is 2.24. The number of pyridine rings is 1.